The summed E-state index contributed by atoms with van der Waals surface area (Å²) in [4.78, 5) is 96.3. The van der Waals surface area contributed by atoms with E-state index in [9.17, 15) is 46.8 Å². The molecule has 7 aliphatic heterocycles. The van der Waals surface area contributed by atoms with Crippen molar-refractivity contribution in [2.75, 3.05) is 83.7 Å². The summed E-state index contributed by atoms with van der Waals surface area (Å²) in [5.74, 6) is 1.32. The Hall–Kier alpha value is -6.91. The number of nitrogens with one attached hydrogen (secondary N) is 13. The number of imidazole rings is 2. The highest BCUT2D eigenvalue weighted by molar-refractivity contribution is 8.13. The Labute approximate surface area is 753 Å². The zero-order chi connectivity index (χ0) is 101. The molecule has 29 nitrogen and oxygen atoms in total. The number of alkyl carbamates (subject to hydrolysis) is 1. The maximum Gasteiger partial charge on any atom is 0.416 e. The third-order valence-corrected chi connectivity index (χ3v) is 10.4. The number of amides is 4. The lowest BCUT2D eigenvalue weighted by Gasteiger charge is -2.10. The van der Waals surface area contributed by atoms with E-state index in [1.165, 1.54) is 105 Å². The molecule has 5 fully saturated rings. The fourth-order valence-electron chi connectivity index (χ4n) is 4.23. The van der Waals surface area contributed by atoms with Gasteiger partial charge in [0.15, 0.2) is 0 Å². The van der Waals surface area contributed by atoms with Gasteiger partial charge in [0.25, 0.3) is 15.3 Å². The molecule has 0 radical (unpaired) electrons. The van der Waals surface area contributed by atoms with Gasteiger partial charge in [0.05, 0.1) is 25.2 Å². The van der Waals surface area contributed by atoms with Crippen molar-refractivity contribution in [2.24, 2.45) is 8.80 Å². The van der Waals surface area contributed by atoms with E-state index >= 15 is 0 Å². The number of hydrogen-bond acceptors (Lipinski definition) is 20. The Morgan fingerprint density at radius 2 is 0.717 bits per heavy atom. The minimum atomic E-state index is -3.16. The monoisotopic (exact) mass is 1810 g/mol. The number of oxazole rings is 2. The number of ether oxygens (including phenoxy) is 2. The molecule has 0 spiro atoms. The fraction of sp³-hybridized carbons (Fsp3) is 0.747. The van der Waals surface area contributed by atoms with Crippen molar-refractivity contribution in [3.05, 3.63) is 125 Å². The summed E-state index contributed by atoms with van der Waals surface area (Å²) in [6.07, 6.45) is 22.9. The van der Waals surface area contributed by atoms with E-state index in [0.717, 1.165) is 57.1 Å². The summed E-state index contributed by atoms with van der Waals surface area (Å²) in [6, 6.07) is -0.0463. The minimum Gasteiger partial charge on any atom is -0.448 e. The number of cyclic esters (lactones) is 1. The van der Waals surface area contributed by atoms with Crippen molar-refractivity contribution >= 4 is 74.9 Å². The standard InChI is InChI=1S/C5H11N.C4H9NO.C3H6N2O.2C3H4N2O.C3H3NO2S.C3H5NO2.2C3H3NO2.C3H5NOS.C3H3NOS.C3H5NS.24C2H6/c1-2-4-6-5-3-1;1-3-6-4-2-5-1;3*6-3-4-1-2-5-3;5-7(6)3-1-2-4-7;5*5-3-4-1-2-6-3;1-2-4-5-3-1;24*1-2/h6H,1-5H2;5H,1-4H2;1-2H2,(H2,4,5,6);2*1-2H,(H2,4,5,6);1-3H;1-2H2,(H,4,5);2*1-2H,(H,4,5);1-2H2,(H,4,5);1-2H,(H,4,5);2H,1,3H2;24*1-2H3. The van der Waals surface area contributed by atoms with Crippen molar-refractivity contribution in [2.45, 2.75) is 358 Å². The Bertz CT molecular complexity index is 2160. The summed E-state index contributed by atoms with van der Waals surface area (Å²) in [5.41, 5.74) is -0.315. The number of thioether (sulfide) groups is 1. The van der Waals surface area contributed by atoms with Gasteiger partial charge in [-0.2, -0.15) is 12.8 Å². The predicted molar refractivity (Wildman–Crippen MR) is 548 cm³/mol. The molecular weight excluding hydrogens is 1610 g/mol. The van der Waals surface area contributed by atoms with Gasteiger partial charge in [-0.05, 0) is 50.4 Å². The molecule has 0 saturated carbocycles. The highest BCUT2D eigenvalue weighted by atomic mass is 32.2. The number of morpholine rings is 1. The van der Waals surface area contributed by atoms with Crippen molar-refractivity contribution in [1.82, 2.24) is 66.8 Å². The van der Waals surface area contributed by atoms with Gasteiger partial charge in [-0.15, -0.1) is 0 Å². The number of aromatic nitrogens is 7. The lowest BCUT2D eigenvalue weighted by molar-refractivity contribution is 0.109. The number of hydrogen-bond donors (Lipinski definition) is 13. The lowest BCUT2D eigenvalue weighted by atomic mass is 10.2. The Balaban J connectivity index is -0.0000000364. The topological polar surface area (TPSA) is 423 Å². The van der Waals surface area contributed by atoms with Crippen molar-refractivity contribution in [3.63, 3.8) is 0 Å². The average Bonchev–Trinajstić information content (AvgIpc) is 1.79. The number of carbonyl (C=O) groups excluding carboxylic acids is 3. The zero-order valence-electron chi connectivity index (χ0n) is 86.8. The summed E-state index contributed by atoms with van der Waals surface area (Å²) in [7, 11) is -3.16. The predicted octanol–water partition coefficient (Wildman–Crippen LogP) is 25.3. The van der Waals surface area contributed by atoms with Gasteiger partial charge in [-0.1, -0.05) is 362 Å². The molecule has 7 aliphatic rings. The van der Waals surface area contributed by atoms with Crippen LogP contribution in [0.3, 0.4) is 0 Å². The molecular formula is C87H205N15O14S4. The number of urea groups is 1. The molecule has 0 bridgehead atoms. The van der Waals surface area contributed by atoms with Crippen LogP contribution >= 0.6 is 35.0 Å². The molecule has 0 aliphatic carbocycles. The van der Waals surface area contributed by atoms with Gasteiger partial charge < -0.3 is 75.1 Å². The number of sulfonamides is 1. The van der Waals surface area contributed by atoms with Crippen LogP contribution in [0, 0.1) is 0 Å². The summed E-state index contributed by atoms with van der Waals surface area (Å²) < 4.78 is 45.1. The van der Waals surface area contributed by atoms with Gasteiger partial charge in [0, 0.05) is 105 Å². The van der Waals surface area contributed by atoms with Crippen molar-refractivity contribution in [3.8, 4) is 0 Å². The number of nitrogens with zero attached hydrogens (tertiary/aromatic N) is 2. The van der Waals surface area contributed by atoms with Gasteiger partial charge in [0.2, 0.25) is 0 Å². The lowest BCUT2D eigenvalue weighted by Crippen LogP contribution is -2.30. The van der Waals surface area contributed by atoms with Gasteiger partial charge >= 0.3 is 39.9 Å². The van der Waals surface area contributed by atoms with E-state index < -0.39 is 21.5 Å². The number of thiazole rings is 1. The summed E-state index contributed by atoms with van der Waals surface area (Å²) >= 11 is 4.16. The largest absolute Gasteiger partial charge is 0.448 e. The quantitative estimate of drug-likeness (QED) is 0.0640. The van der Waals surface area contributed by atoms with E-state index in [1.807, 2.05) is 339 Å². The smallest absolute Gasteiger partial charge is 0.416 e. The van der Waals surface area contributed by atoms with Crippen LogP contribution < -0.4 is 59.7 Å². The normalized spacial score (nSPS) is 11.0. The first-order chi connectivity index (χ1) is 58.9. The Morgan fingerprint density at radius 3 is 0.800 bits per heavy atom. The van der Waals surface area contributed by atoms with Gasteiger partial charge in [0.1, 0.15) is 19.1 Å². The van der Waals surface area contributed by atoms with Crippen LogP contribution in [-0.2, 0) is 19.5 Å². The number of H-pyrrole nitrogens is 7. The van der Waals surface area contributed by atoms with Crippen LogP contribution in [0.25, 0.3) is 0 Å². The minimum absolute atomic E-state index is 0.00926. The number of carbonyl (C=O) groups is 3. The van der Waals surface area contributed by atoms with E-state index in [1.54, 1.807) is 48.3 Å². The molecule has 4 amide bonds. The molecule has 0 unspecified atom stereocenters. The number of aromatic amines is 7. The molecule has 0 aromatic carbocycles. The summed E-state index contributed by atoms with van der Waals surface area (Å²) in [5, 5.41) is 19.6. The molecule has 5 saturated heterocycles. The van der Waals surface area contributed by atoms with Crippen molar-refractivity contribution in [1.29, 1.82) is 0 Å². The molecule has 736 valence electrons. The second kappa shape index (κ2) is 239. The van der Waals surface area contributed by atoms with Crippen LogP contribution in [0.4, 0.5) is 14.4 Å². The van der Waals surface area contributed by atoms with Crippen LogP contribution in [0.2, 0.25) is 0 Å². The van der Waals surface area contributed by atoms with Crippen LogP contribution in [0.5, 0.6) is 0 Å². The van der Waals surface area contributed by atoms with Crippen LogP contribution in [-0.4, -0.2) is 157 Å². The van der Waals surface area contributed by atoms with Crippen LogP contribution in [0.15, 0.2) is 114 Å². The average molecular weight is 1810 g/mol. The third kappa shape index (κ3) is 239. The Kier molecular flexibility index (Phi) is 356. The molecule has 5 aromatic heterocycles. The second-order valence-electron chi connectivity index (χ2n) is 12.9. The van der Waals surface area contributed by atoms with Gasteiger partial charge in [-0.3, -0.25) is 19.6 Å². The Morgan fingerprint density at radius 1 is 0.358 bits per heavy atom. The van der Waals surface area contributed by atoms with E-state index in [4.69, 9.17) is 4.74 Å². The van der Waals surface area contributed by atoms with E-state index in [0.29, 0.717) is 13.2 Å². The zero-order valence-corrected chi connectivity index (χ0v) is 90.1. The molecule has 33 heteroatoms. The first-order valence-electron chi connectivity index (χ1n) is 45.6. The maximum atomic E-state index is 10.1. The maximum absolute atomic E-state index is 10.1. The molecule has 13 N–H and O–H groups in total. The first-order valence-corrected chi connectivity index (χ1v) is 49.9. The van der Waals surface area contributed by atoms with Crippen LogP contribution in [0.1, 0.15) is 358 Å². The second-order valence-corrected chi connectivity index (χ2v) is 17.3. The highest BCUT2D eigenvalue weighted by Crippen LogP contribution is 2.07. The van der Waals surface area contributed by atoms with E-state index in [-0.39, 0.29) is 33.6 Å². The third-order valence-electron chi connectivity index (χ3n) is 7.35. The summed E-state index contributed by atoms with van der Waals surface area (Å²) in [6.45, 7) is 106. The molecule has 0 atom stereocenters. The fourth-order valence-corrected chi connectivity index (χ4v) is 6.32. The SMILES string of the molecule is C1=NSCC1.C1CCNCC1.C1COCCN1.CC.CC.CC.CC.CC.CC.CC.CC.CC.CC.CC.CC.CC.CC.CC.CC.CC.CC.CC.CC.CC.CC.CC.CC.O=C1NCCN1.O=C1NCCO1.O=C1NCCS1.O=S1(=O)C=CC=N1.O=c1[nH]cc[nH]1.O=c1[nH]cc[nH]1.O=c1[nH]cco1.O=c1[nH]cco1.O=c1[nH]ccs1. The van der Waals surface area contributed by atoms with Gasteiger partial charge in [-0.25, -0.2) is 33.2 Å². The number of piperidine rings is 1. The number of allylic oxidation sites excluding steroid dienone is 1. The van der Waals surface area contributed by atoms with E-state index in [2.05, 4.69) is 89.2 Å². The molecule has 5 aromatic rings. The van der Waals surface area contributed by atoms with Crippen molar-refractivity contribution < 1.29 is 41.1 Å². The molecule has 12 heterocycles. The highest BCUT2D eigenvalue weighted by Gasteiger charge is 2.07. The molecule has 120 heavy (non-hydrogen) atoms. The molecule has 12 rings (SSSR count). The first kappa shape index (κ1) is 179. The number of rotatable bonds is 0.